The maximum Gasteiger partial charge on any atom is 0.175 e. The van der Waals surface area contributed by atoms with Crippen LogP contribution in [-0.4, -0.2) is 14.9 Å². The number of hydrogen-bond donors (Lipinski definition) is 2. The van der Waals surface area contributed by atoms with Crippen LogP contribution < -0.4 is 10.6 Å². The average Bonchev–Trinajstić information content (AvgIpc) is 2.86. The van der Waals surface area contributed by atoms with Gasteiger partial charge >= 0.3 is 0 Å². The van der Waals surface area contributed by atoms with Gasteiger partial charge in [-0.2, -0.15) is 5.10 Å². The number of aryl methyl sites for hydroxylation is 1. The van der Waals surface area contributed by atoms with Gasteiger partial charge in [-0.15, -0.1) is 0 Å². The van der Waals surface area contributed by atoms with Crippen LogP contribution in [0, 0.1) is 19.7 Å². The summed E-state index contributed by atoms with van der Waals surface area (Å²) in [5, 5.41) is 11.3. The summed E-state index contributed by atoms with van der Waals surface area (Å²) in [6, 6.07) is 14.2. The molecule has 134 valence electrons. The van der Waals surface area contributed by atoms with Gasteiger partial charge in [-0.05, 0) is 68.0 Å². The van der Waals surface area contributed by atoms with Gasteiger partial charge in [0.05, 0.1) is 23.6 Å². The third-order valence-corrected chi connectivity index (χ3v) is 4.70. The summed E-state index contributed by atoms with van der Waals surface area (Å²) in [6.45, 7) is 4.62. The van der Waals surface area contributed by atoms with E-state index in [1.165, 1.54) is 12.1 Å². The summed E-state index contributed by atoms with van der Waals surface area (Å²) in [7, 11) is 0. The molecule has 0 fully saturated rings. The molecule has 7 heteroatoms. The first-order valence-electron chi connectivity index (χ1n) is 8.04. The van der Waals surface area contributed by atoms with Crippen LogP contribution in [0.5, 0.6) is 0 Å². The molecule has 1 heterocycles. The van der Waals surface area contributed by atoms with Crippen molar-refractivity contribution in [2.75, 3.05) is 10.6 Å². The third-order valence-electron chi connectivity index (χ3n) is 3.97. The molecule has 0 atom stereocenters. The zero-order valence-electron chi connectivity index (χ0n) is 14.4. The molecule has 0 unspecified atom stereocenters. The topological polar surface area (TPSA) is 41.9 Å². The van der Waals surface area contributed by atoms with E-state index in [9.17, 15) is 4.39 Å². The molecule has 2 N–H and O–H groups in total. The zero-order chi connectivity index (χ0) is 18.7. The van der Waals surface area contributed by atoms with Crippen molar-refractivity contribution in [2.45, 2.75) is 20.4 Å². The van der Waals surface area contributed by atoms with E-state index in [0.717, 1.165) is 32.8 Å². The predicted molar refractivity (Wildman–Crippen MR) is 111 cm³/mol. The van der Waals surface area contributed by atoms with Crippen LogP contribution in [0.4, 0.5) is 15.8 Å². The average molecular weight is 433 g/mol. The predicted octanol–water partition coefficient (Wildman–Crippen LogP) is 5.26. The second-order valence-corrected chi connectivity index (χ2v) is 7.24. The Morgan fingerprint density at radius 3 is 2.38 bits per heavy atom. The smallest absolute Gasteiger partial charge is 0.175 e. The molecule has 26 heavy (non-hydrogen) atoms. The molecular formula is C19H18BrFN4S. The Bertz CT molecular complexity index is 920. The van der Waals surface area contributed by atoms with Gasteiger partial charge < -0.3 is 10.6 Å². The van der Waals surface area contributed by atoms with Crippen molar-refractivity contribution in [3.8, 4) is 0 Å². The van der Waals surface area contributed by atoms with Gasteiger partial charge in [-0.3, -0.25) is 4.68 Å². The zero-order valence-corrected chi connectivity index (χ0v) is 16.8. The van der Waals surface area contributed by atoms with Gasteiger partial charge in [0.25, 0.3) is 0 Å². The summed E-state index contributed by atoms with van der Waals surface area (Å²) in [5.74, 6) is -0.282. The summed E-state index contributed by atoms with van der Waals surface area (Å²) in [6.07, 6.45) is 0. The van der Waals surface area contributed by atoms with Gasteiger partial charge in [0, 0.05) is 10.2 Å². The summed E-state index contributed by atoms with van der Waals surface area (Å²) in [4.78, 5) is 0. The molecule has 1 aromatic heterocycles. The molecule has 0 aliphatic rings. The van der Waals surface area contributed by atoms with Crippen LogP contribution >= 0.6 is 28.1 Å². The molecule has 0 aliphatic heterocycles. The van der Waals surface area contributed by atoms with Gasteiger partial charge in [-0.1, -0.05) is 28.1 Å². The molecule has 0 amide bonds. The maximum atomic E-state index is 13.0. The van der Waals surface area contributed by atoms with E-state index in [1.54, 1.807) is 12.1 Å². The molecule has 0 spiro atoms. The molecule has 0 bridgehead atoms. The normalized spacial score (nSPS) is 10.6. The number of halogens is 2. The number of anilines is 2. The molecule has 0 aliphatic carbocycles. The number of nitrogens with one attached hydrogen (secondary N) is 2. The second-order valence-electron chi connectivity index (χ2n) is 5.92. The molecule has 3 aromatic rings. The fourth-order valence-corrected chi connectivity index (χ4v) is 3.09. The van der Waals surface area contributed by atoms with Crippen molar-refractivity contribution in [3.05, 3.63) is 75.8 Å². The van der Waals surface area contributed by atoms with Crippen molar-refractivity contribution in [1.82, 2.24) is 9.78 Å². The minimum Gasteiger partial charge on any atom is -0.332 e. The van der Waals surface area contributed by atoms with Crippen molar-refractivity contribution in [1.29, 1.82) is 0 Å². The van der Waals surface area contributed by atoms with E-state index in [-0.39, 0.29) is 5.82 Å². The van der Waals surface area contributed by atoms with Crippen LogP contribution in [0.3, 0.4) is 0 Å². The first kappa shape index (κ1) is 18.5. The van der Waals surface area contributed by atoms with E-state index in [0.29, 0.717) is 11.7 Å². The van der Waals surface area contributed by atoms with Crippen LogP contribution in [0.1, 0.15) is 17.0 Å². The number of thiocarbonyl (C=S) groups is 1. The maximum absolute atomic E-state index is 13.0. The quantitative estimate of drug-likeness (QED) is 0.551. The van der Waals surface area contributed by atoms with Crippen LogP contribution in [0.25, 0.3) is 0 Å². The minimum atomic E-state index is -0.282. The second kappa shape index (κ2) is 7.97. The van der Waals surface area contributed by atoms with E-state index < -0.39 is 0 Å². The Labute approximate surface area is 165 Å². The number of hydrogen-bond acceptors (Lipinski definition) is 2. The largest absolute Gasteiger partial charge is 0.332 e. The lowest BCUT2D eigenvalue weighted by Gasteiger charge is -2.11. The Hall–Kier alpha value is -2.25. The highest BCUT2D eigenvalue weighted by atomic mass is 79.9. The van der Waals surface area contributed by atoms with Crippen molar-refractivity contribution >= 4 is 44.6 Å². The Morgan fingerprint density at radius 1 is 1.08 bits per heavy atom. The fourth-order valence-electron chi connectivity index (χ4n) is 2.60. The molecule has 0 saturated heterocycles. The van der Waals surface area contributed by atoms with Crippen LogP contribution in [-0.2, 0) is 6.54 Å². The lowest BCUT2D eigenvalue weighted by atomic mass is 10.2. The first-order valence-corrected chi connectivity index (χ1v) is 9.24. The monoisotopic (exact) mass is 432 g/mol. The lowest BCUT2D eigenvalue weighted by Crippen LogP contribution is -2.20. The van der Waals surface area contributed by atoms with Gasteiger partial charge in [-0.25, -0.2) is 4.39 Å². The number of rotatable bonds is 4. The highest BCUT2D eigenvalue weighted by molar-refractivity contribution is 9.10. The Morgan fingerprint density at radius 2 is 1.73 bits per heavy atom. The Balaban J connectivity index is 1.71. The fraction of sp³-hybridized carbons (Fsp3) is 0.158. The molecule has 0 saturated carbocycles. The minimum absolute atomic E-state index is 0.282. The van der Waals surface area contributed by atoms with Crippen molar-refractivity contribution < 1.29 is 4.39 Å². The SMILES string of the molecule is Cc1nn(Cc2ccc(Br)cc2)c(C)c1NC(=S)Nc1ccc(F)cc1. The summed E-state index contributed by atoms with van der Waals surface area (Å²) >= 11 is 8.81. The number of benzene rings is 2. The molecule has 2 aromatic carbocycles. The van der Waals surface area contributed by atoms with E-state index in [2.05, 4.69) is 43.8 Å². The molecule has 3 rings (SSSR count). The molecule has 0 radical (unpaired) electrons. The standard InChI is InChI=1S/C19H18BrFN4S/c1-12-18(23-19(26)22-17-9-7-16(21)8-10-17)13(2)25(24-12)11-14-3-5-15(20)6-4-14/h3-10H,11H2,1-2H3,(H2,22,23,26). The van der Waals surface area contributed by atoms with E-state index in [4.69, 9.17) is 12.2 Å². The summed E-state index contributed by atoms with van der Waals surface area (Å²) < 4.78 is 16.0. The van der Waals surface area contributed by atoms with Crippen LogP contribution in [0.15, 0.2) is 53.0 Å². The number of aromatic nitrogens is 2. The highest BCUT2D eigenvalue weighted by Gasteiger charge is 2.13. The molecular weight excluding hydrogens is 415 g/mol. The molecule has 4 nitrogen and oxygen atoms in total. The van der Waals surface area contributed by atoms with E-state index >= 15 is 0 Å². The number of nitrogens with zero attached hydrogens (tertiary/aromatic N) is 2. The van der Waals surface area contributed by atoms with Gasteiger partial charge in [0.2, 0.25) is 0 Å². The summed E-state index contributed by atoms with van der Waals surface area (Å²) in [5.41, 5.74) is 4.62. The van der Waals surface area contributed by atoms with Gasteiger partial charge in [0.15, 0.2) is 5.11 Å². The Kier molecular flexibility index (Phi) is 5.68. The lowest BCUT2D eigenvalue weighted by molar-refractivity contribution is 0.628. The highest BCUT2D eigenvalue weighted by Crippen LogP contribution is 2.21. The van der Waals surface area contributed by atoms with Gasteiger partial charge in [0.1, 0.15) is 5.82 Å². The van der Waals surface area contributed by atoms with E-state index in [1.807, 2.05) is 30.7 Å². The van der Waals surface area contributed by atoms with Crippen molar-refractivity contribution in [3.63, 3.8) is 0 Å². The third kappa shape index (κ3) is 4.47. The van der Waals surface area contributed by atoms with Crippen molar-refractivity contribution in [2.24, 2.45) is 0 Å². The first-order chi connectivity index (χ1) is 12.4. The van der Waals surface area contributed by atoms with Crippen LogP contribution in [0.2, 0.25) is 0 Å².